The first kappa shape index (κ1) is 24.3. The molecule has 33 heavy (non-hydrogen) atoms. The molecule has 3 aromatic rings. The van der Waals surface area contributed by atoms with Gasteiger partial charge in [-0.3, -0.25) is 10.1 Å². The number of amides is 3. The summed E-state index contributed by atoms with van der Waals surface area (Å²) in [7, 11) is 0. The molecule has 0 atom stereocenters. The van der Waals surface area contributed by atoms with E-state index in [1.54, 1.807) is 18.3 Å². The SMILES string of the molecule is CCN(CC)c1ccc(/C=N\NC(=O)Cc2nnc(NC(=O)Nc3ccc(Br)cc3)s2)cc1. The highest BCUT2D eigenvalue weighted by atomic mass is 79.9. The average molecular weight is 530 g/mol. The van der Waals surface area contributed by atoms with Gasteiger partial charge in [-0.15, -0.1) is 10.2 Å². The minimum Gasteiger partial charge on any atom is -0.372 e. The van der Waals surface area contributed by atoms with E-state index in [1.165, 1.54) is 0 Å². The molecule has 0 saturated carbocycles. The van der Waals surface area contributed by atoms with E-state index in [1.807, 2.05) is 36.4 Å². The molecule has 0 aliphatic carbocycles. The van der Waals surface area contributed by atoms with Gasteiger partial charge in [-0.25, -0.2) is 10.2 Å². The molecule has 3 amide bonds. The zero-order chi connectivity index (χ0) is 23.6. The van der Waals surface area contributed by atoms with Gasteiger partial charge < -0.3 is 10.2 Å². The minimum atomic E-state index is -0.443. The maximum Gasteiger partial charge on any atom is 0.325 e. The fourth-order valence-corrected chi connectivity index (χ4v) is 3.88. The molecule has 172 valence electrons. The van der Waals surface area contributed by atoms with E-state index in [0.717, 1.165) is 40.1 Å². The van der Waals surface area contributed by atoms with Crippen molar-refractivity contribution in [3.63, 3.8) is 0 Å². The molecule has 1 aromatic heterocycles. The number of rotatable bonds is 9. The van der Waals surface area contributed by atoms with Gasteiger partial charge >= 0.3 is 6.03 Å². The summed E-state index contributed by atoms with van der Waals surface area (Å²) in [5.74, 6) is -0.326. The van der Waals surface area contributed by atoms with Crippen molar-refractivity contribution in [2.45, 2.75) is 20.3 Å². The molecule has 0 aliphatic heterocycles. The summed E-state index contributed by atoms with van der Waals surface area (Å²) in [5.41, 5.74) is 5.15. The third-order valence-corrected chi connectivity index (χ3v) is 5.89. The van der Waals surface area contributed by atoms with Crippen molar-refractivity contribution in [3.05, 3.63) is 63.6 Å². The molecule has 0 saturated heterocycles. The lowest BCUT2D eigenvalue weighted by Gasteiger charge is -2.20. The van der Waals surface area contributed by atoms with Crippen LogP contribution >= 0.6 is 27.3 Å². The molecule has 0 unspecified atom stereocenters. The second-order valence-electron chi connectivity index (χ2n) is 6.82. The Labute approximate surface area is 204 Å². The summed E-state index contributed by atoms with van der Waals surface area (Å²) >= 11 is 4.46. The molecule has 0 fully saturated rings. The lowest BCUT2D eigenvalue weighted by atomic mass is 10.2. The van der Waals surface area contributed by atoms with E-state index >= 15 is 0 Å². The Morgan fingerprint density at radius 1 is 1.03 bits per heavy atom. The number of aromatic nitrogens is 2. The van der Waals surface area contributed by atoms with Crippen LogP contribution < -0.4 is 21.0 Å². The molecule has 0 spiro atoms. The maximum atomic E-state index is 12.1. The summed E-state index contributed by atoms with van der Waals surface area (Å²) in [6.07, 6.45) is 1.59. The Morgan fingerprint density at radius 2 is 1.73 bits per heavy atom. The number of hydrogen-bond donors (Lipinski definition) is 3. The first-order chi connectivity index (χ1) is 16.0. The Hall–Kier alpha value is -3.31. The van der Waals surface area contributed by atoms with Crippen LogP contribution in [0.1, 0.15) is 24.4 Å². The Kier molecular flexibility index (Phi) is 8.90. The van der Waals surface area contributed by atoms with Crippen molar-refractivity contribution in [1.82, 2.24) is 15.6 Å². The van der Waals surface area contributed by atoms with Crippen molar-refractivity contribution in [2.24, 2.45) is 5.10 Å². The van der Waals surface area contributed by atoms with Crippen molar-refractivity contribution >= 4 is 61.9 Å². The van der Waals surface area contributed by atoms with Crippen molar-refractivity contribution in [1.29, 1.82) is 0 Å². The first-order valence-corrected chi connectivity index (χ1v) is 11.9. The first-order valence-electron chi connectivity index (χ1n) is 10.3. The van der Waals surface area contributed by atoms with Gasteiger partial charge in [0, 0.05) is 28.9 Å². The van der Waals surface area contributed by atoms with Crippen LogP contribution in [0.2, 0.25) is 0 Å². The topological polar surface area (TPSA) is 112 Å². The molecule has 0 radical (unpaired) electrons. The normalized spacial score (nSPS) is 10.8. The number of carbonyl (C=O) groups is 2. The standard InChI is InChI=1S/C22H24BrN7O2S/c1-3-30(4-2)18-11-5-15(6-12-18)14-24-27-19(31)13-20-28-29-22(33-20)26-21(32)25-17-9-7-16(23)8-10-17/h5-12,14H,3-4,13H2,1-2H3,(H,27,31)(H2,25,26,29,32)/b24-14-. The summed E-state index contributed by atoms with van der Waals surface area (Å²) in [6.45, 7) is 6.12. The number of anilines is 3. The van der Waals surface area contributed by atoms with Gasteiger partial charge in [0.15, 0.2) is 0 Å². The molecule has 0 aliphatic rings. The van der Waals surface area contributed by atoms with Crippen LogP contribution in [0.15, 0.2) is 58.1 Å². The third kappa shape index (κ3) is 7.65. The fraction of sp³-hybridized carbons (Fsp3) is 0.227. The summed E-state index contributed by atoms with van der Waals surface area (Å²) in [4.78, 5) is 26.4. The number of nitrogens with one attached hydrogen (secondary N) is 3. The van der Waals surface area contributed by atoms with Crippen LogP contribution in [0.4, 0.5) is 21.3 Å². The molecule has 1 heterocycles. The molecule has 2 aromatic carbocycles. The average Bonchev–Trinajstić information content (AvgIpc) is 3.23. The van der Waals surface area contributed by atoms with Crippen LogP contribution in [0.25, 0.3) is 0 Å². The Morgan fingerprint density at radius 3 is 2.39 bits per heavy atom. The van der Waals surface area contributed by atoms with Gasteiger partial charge in [-0.05, 0) is 55.8 Å². The quantitative estimate of drug-likeness (QED) is 0.279. The number of benzene rings is 2. The summed E-state index contributed by atoms with van der Waals surface area (Å²) in [6, 6.07) is 14.7. The van der Waals surface area contributed by atoms with Crippen molar-refractivity contribution in [2.75, 3.05) is 28.6 Å². The predicted molar refractivity (Wildman–Crippen MR) is 136 cm³/mol. The van der Waals surface area contributed by atoms with Gasteiger partial charge in [0.1, 0.15) is 5.01 Å². The number of hydrogen-bond acceptors (Lipinski definition) is 7. The smallest absolute Gasteiger partial charge is 0.325 e. The van der Waals surface area contributed by atoms with Gasteiger partial charge in [0.05, 0.1) is 12.6 Å². The van der Waals surface area contributed by atoms with E-state index in [2.05, 4.69) is 66.0 Å². The molecule has 9 nitrogen and oxygen atoms in total. The second kappa shape index (κ2) is 12.1. The largest absolute Gasteiger partial charge is 0.372 e. The van der Waals surface area contributed by atoms with Crippen molar-refractivity contribution < 1.29 is 9.59 Å². The van der Waals surface area contributed by atoms with Gasteiger partial charge in [-0.2, -0.15) is 5.10 Å². The number of carbonyl (C=O) groups excluding carboxylic acids is 2. The molecule has 11 heteroatoms. The molecule has 0 bridgehead atoms. The van der Waals surface area contributed by atoms with E-state index in [-0.39, 0.29) is 12.3 Å². The highest BCUT2D eigenvalue weighted by molar-refractivity contribution is 9.10. The maximum absolute atomic E-state index is 12.1. The second-order valence-corrected chi connectivity index (χ2v) is 8.80. The predicted octanol–water partition coefficient (Wildman–Crippen LogP) is 4.48. The van der Waals surface area contributed by atoms with Crippen LogP contribution in [-0.2, 0) is 11.2 Å². The Bertz CT molecular complexity index is 1100. The highest BCUT2D eigenvalue weighted by Crippen LogP contribution is 2.18. The van der Waals surface area contributed by atoms with E-state index in [0.29, 0.717) is 15.8 Å². The zero-order valence-corrected chi connectivity index (χ0v) is 20.6. The van der Waals surface area contributed by atoms with Gasteiger partial charge in [0.2, 0.25) is 11.0 Å². The molecular formula is C22H24BrN7O2S. The monoisotopic (exact) mass is 529 g/mol. The summed E-state index contributed by atoms with van der Waals surface area (Å²) in [5, 5.41) is 17.9. The van der Waals surface area contributed by atoms with E-state index < -0.39 is 6.03 Å². The van der Waals surface area contributed by atoms with E-state index in [4.69, 9.17) is 0 Å². The lowest BCUT2D eigenvalue weighted by molar-refractivity contribution is -0.120. The highest BCUT2D eigenvalue weighted by Gasteiger charge is 2.11. The number of halogens is 1. The third-order valence-electron chi connectivity index (χ3n) is 4.53. The van der Waals surface area contributed by atoms with Crippen molar-refractivity contribution in [3.8, 4) is 0 Å². The molecule has 3 rings (SSSR count). The molecule has 3 N–H and O–H groups in total. The lowest BCUT2D eigenvalue weighted by Crippen LogP contribution is -2.21. The Balaban J connectivity index is 1.45. The number of nitrogens with zero attached hydrogens (tertiary/aromatic N) is 4. The van der Waals surface area contributed by atoms with E-state index in [9.17, 15) is 9.59 Å². The number of urea groups is 1. The van der Waals surface area contributed by atoms with Crippen LogP contribution in [0, 0.1) is 0 Å². The summed E-state index contributed by atoms with van der Waals surface area (Å²) < 4.78 is 0.915. The van der Waals surface area contributed by atoms with Gasteiger partial charge in [0.25, 0.3) is 0 Å². The molecular weight excluding hydrogens is 506 g/mol. The fourth-order valence-electron chi connectivity index (χ4n) is 2.88. The minimum absolute atomic E-state index is 0.00587. The van der Waals surface area contributed by atoms with Crippen LogP contribution in [0.5, 0.6) is 0 Å². The zero-order valence-electron chi connectivity index (χ0n) is 18.2. The van der Waals surface area contributed by atoms with Gasteiger partial charge in [-0.1, -0.05) is 39.4 Å². The number of hydrazone groups is 1. The van der Waals surface area contributed by atoms with Crippen LogP contribution in [0.3, 0.4) is 0 Å². The van der Waals surface area contributed by atoms with Crippen LogP contribution in [-0.4, -0.2) is 41.4 Å².